The minimum Gasteiger partial charge on any atom is -0.479 e. The normalized spacial score (nSPS) is 11.7. The molecule has 1 atom stereocenters. The Bertz CT molecular complexity index is 464. The lowest BCUT2D eigenvalue weighted by Crippen LogP contribution is -2.38. The number of rotatable bonds is 4. The third-order valence-electron chi connectivity index (χ3n) is 2.19. The number of carboxylic acids is 1. The molecule has 7 heteroatoms. The number of nitrogens with one attached hydrogen (secondary N) is 2. The number of aryl methyl sites for hydroxylation is 1. The molecule has 0 bridgehead atoms. The van der Waals surface area contributed by atoms with Crippen molar-refractivity contribution in [2.45, 2.75) is 13.0 Å². The van der Waals surface area contributed by atoms with Crippen LogP contribution in [0.4, 0.5) is 10.5 Å². The zero-order valence-corrected chi connectivity index (χ0v) is 10.4. The Hall–Kier alpha value is -1.79. The van der Waals surface area contributed by atoms with Crippen molar-refractivity contribution < 1.29 is 19.8 Å². The highest BCUT2D eigenvalue weighted by Crippen LogP contribution is 2.19. The van der Waals surface area contributed by atoms with E-state index >= 15 is 0 Å². The number of carbonyl (C=O) groups excluding carboxylic acids is 1. The second-order valence-electron chi connectivity index (χ2n) is 3.65. The first-order valence-electron chi connectivity index (χ1n) is 5.12. The Morgan fingerprint density at radius 3 is 2.72 bits per heavy atom. The van der Waals surface area contributed by atoms with Crippen molar-refractivity contribution in [3.8, 4) is 0 Å². The van der Waals surface area contributed by atoms with E-state index in [1.54, 1.807) is 25.1 Å². The van der Waals surface area contributed by atoms with Crippen LogP contribution in [0.5, 0.6) is 0 Å². The number of aliphatic hydroxyl groups excluding tert-OH is 1. The Morgan fingerprint density at radius 1 is 1.44 bits per heavy atom. The lowest BCUT2D eigenvalue weighted by atomic mass is 10.2. The van der Waals surface area contributed by atoms with E-state index in [0.29, 0.717) is 10.7 Å². The highest BCUT2D eigenvalue weighted by atomic mass is 35.5. The molecule has 98 valence electrons. The van der Waals surface area contributed by atoms with Gasteiger partial charge in [-0.2, -0.15) is 0 Å². The van der Waals surface area contributed by atoms with E-state index in [0.717, 1.165) is 5.56 Å². The summed E-state index contributed by atoms with van der Waals surface area (Å²) in [5.41, 5.74) is 1.33. The monoisotopic (exact) mass is 272 g/mol. The van der Waals surface area contributed by atoms with Gasteiger partial charge in [-0.1, -0.05) is 17.7 Å². The van der Waals surface area contributed by atoms with Gasteiger partial charge in [0.25, 0.3) is 0 Å². The number of amides is 2. The summed E-state index contributed by atoms with van der Waals surface area (Å²) in [4.78, 5) is 21.8. The lowest BCUT2D eigenvalue weighted by Gasteiger charge is -2.11. The van der Waals surface area contributed by atoms with E-state index in [-0.39, 0.29) is 6.54 Å². The van der Waals surface area contributed by atoms with Crippen LogP contribution in [0.25, 0.3) is 0 Å². The van der Waals surface area contributed by atoms with Crippen LogP contribution in [0.2, 0.25) is 5.02 Å². The van der Waals surface area contributed by atoms with Crippen molar-refractivity contribution in [1.82, 2.24) is 5.32 Å². The number of anilines is 1. The minimum atomic E-state index is -1.63. The zero-order valence-electron chi connectivity index (χ0n) is 9.61. The number of aliphatic carboxylic acids is 1. The molecule has 0 spiro atoms. The predicted molar refractivity (Wildman–Crippen MR) is 66.9 cm³/mol. The number of carboxylic acid groups (broad SMARTS) is 1. The molecule has 4 N–H and O–H groups in total. The van der Waals surface area contributed by atoms with E-state index in [4.69, 9.17) is 21.8 Å². The Labute approximate surface area is 109 Å². The molecule has 0 aromatic heterocycles. The molecule has 0 aliphatic heterocycles. The van der Waals surface area contributed by atoms with Gasteiger partial charge >= 0.3 is 12.0 Å². The number of urea groups is 1. The molecule has 1 aromatic rings. The van der Waals surface area contributed by atoms with Gasteiger partial charge in [0, 0.05) is 10.7 Å². The molecule has 6 nitrogen and oxygen atoms in total. The van der Waals surface area contributed by atoms with Gasteiger partial charge in [0.1, 0.15) is 0 Å². The summed E-state index contributed by atoms with van der Waals surface area (Å²) in [5, 5.41) is 22.6. The molecule has 1 rings (SSSR count). The van der Waals surface area contributed by atoms with E-state index < -0.39 is 18.1 Å². The third-order valence-corrected chi connectivity index (χ3v) is 2.42. The fourth-order valence-electron chi connectivity index (χ4n) is 1.17. The maximum absolute atomic E-state index is 11.4. The fourth-order valence-corrected chi connectivity index (χ4v) is 1.34. The maximum Gasteiger partial charge on any atom is 0.334 e. The average Bonchev–Trinajstić information content (AvgIpc) is 2.30. The number of benzene rings is 1. The number of hydrogen-bond donors (Lipinski definition) is 4. The van der Waals surface area contributed by atoms with Crippen molar-refractivity contribution >= 4 is 29.3 Å². The first kappa shape index (κ1) is 14.3. The third kappa shape index (κ3) is 4.23. The highest BCUT2D eigenvalue weighted by Gasteiger charge is 2.14. The van der Waals surface area contributed by atoms with Gasteiger partial charge in [-0.3, -0.25) is 0 Å². The molecule has 0 saturated heterocycles. The van der Waals surface area contributed by atoms with Gasteiger partial charge in [0.05, 0.1) is 6.54 Å². The van der Waals surface area contributed by atoms with Crippen LogP contribution in [0.15, 0.2) is 18.2 Å². The second kappa shape index (κ2) is 6.23. The summed E-state index contributed by atoms with van der Waals surface area (Å²) < 4.78 is 0. The first-order chi connectivity index (χ1) is 8.40. The topological polar surface area (TPSA) is 98.7 Å². The van der Waals surface area contributed by atoms with E-state index in [1.807, 2.05) is 0 Å². The van der Waals surface area contributed by atoms with Crippen molar-refractivity contribution in [2.75, 3.05) is 11.9 Å². The van der Waals surface area contributed by atoms with Gasteiger partial charge in [-0.25, -0.2) is 9.59 Å². The summed E-state index contributed by atoms with van der Waals surface area (Å²) in [5.74, 6) is -1.39. The summed E-state index contributed by atoms with van der Waals surface area (Å²) in [6.45, 7) is 1.42. The van der Waals surface area contributed by atoms with Gasteiger partial charge in [0.15, 0.2) is 6.10 Å². The van der Waals surface area contributed by atoms with Gasteiger partial charge < -0.3 is 20.8 Å². The van der Waals surface area contributed by atoms with Crippen LogP contribution >= 0.6 is 11.6 Å². The van der Waals surface area contributed by atoms with E-state index in [2.05, 4.69) is 10.6 Å². The Morgan fingerprint density at radius 2 is 2.11 bits per heavy atom. The molecule has 0 fully saturated rings. The van der Waals surface area contributed by atoms with E-state index in [1.165, 1.54) is 0 Å². The summed E-state index contributed by atoms with van der Waals surface area (Å²) >= 11 is 5.78. The van der Waals surface area contributed by atoms with Gasteiger partial charge in [-0.05, 0) is 24.6 Å². The van der Waals surface area contributed by atoms with Crippen LogP contribution in [-0.2, 0) is 4.79 Å². The Kier molecular flexibility index (Phi) is 4.94. The minimum absolute atomic E-state index is 0.374. The lowest BCUT2D eigenvalue weighted by molar-refractivity contribution is -0.146. The molecule has 0 heterocycles. The SMILES string of the molecule is Cc1ccc(Cl)cc1NC(=O)NC[C@H](O)C(=O)O. The van der Waals surface area contributed by atoms with Crippen molar-refractivity contribution in [1.29, 1.82) is 0 Å². The van der Waals surface area contributed by atoms with Gasteiger partial charge in [-0.15, -0.1) is 0 Å². The number of hydrogen-bond acceptors (Lipinski definition) is 3. The molecular weight excluding hydrogens is 260 g/mol. The summed E-state index contributed by atoms with van der Waals surface area (Å²) in [6.07, 6.45) is -1.63. The average molecular weight is 273 g/mol. The number of halogens is 1. The smallest absolute Gasteiger partial charge is 0.334 e. The molecule has 0 aliphatic carbocycles. The van der Waals surface area contributed by atoms with Crippen molar-refractivity contribution in [2.24, 2.45) is 0 Å². The number of carbonyl (C=O) groups is 2. The predicted octanol–water partition coefficient (Wildman–Crippen LogP) is 1.22. The van der Waals surface area contributed by atoms with Crippen LogP contribution < -0.4 is 10.6 Å². The highest BCUT2D eigenvalue weighted by molar-refractivity contribution is 6.31. The van der Waals surface area contributed by atoms with Crippen LogP contribution in [0.3, 0.4) is 0 Å². The van der Waals surface area contributed by atoms with Crippen molar-refractivity contribution in [3.05, 3.63) is 28.8 Å². The maximum atomic E-state index is 11.4. The molecule has 2 amide bonds. The molecule has 1 aromatic carbocycles. The summed E-state index contributed by atoms with van der Waals surface area (Å²) in [7, 11) is 0. The molecule has 0 aliphatic rings. The Balaban J connectivity index is 2.54. The second-order valence-corrected chi connectivity index (χ2v) is 4.08. The van der Waals surface area contributed by atoms with Crippen LogP contribution in [0, 0.1) is 6.92 Å². The molecule has 18 heavy (non-hydrogen) atoms. The molecule has 0 saturated carbocycles. The van der Waals surface area contributed by atoms with Gasteiger partial charge in [0.2, 0.25) is 0 Å². The van der Waals surface area contributed by atoms with Crippen molar-refractivity contribution in [3.63, 3.8) is 0 Å². The number of aliphatic hydroxyl groups is 1. The molecule has 0 radical (unpaired) electrons. The fraction of sp³-hybridized carbons (Fsp3) is 0.273. The first-order valence-corrected chi connectivity index (χ1v) is 5.50. The quantitative estimate of drug-likeness (QED) is 0.662. The largest absolute Gasteiger partial charge is 0.479 e. The molecular formula is C11H13ClN2O4. The molecule has 0 unspecified atom stereocenters. The zero-order chi connectivity index (χ0) is 13.7. The van der Waals surface area contributed by atoms with Crippen LogP contribution in [-0.4, -0.2) is 34.9 Å². The standard InChI is InChI=1S/C11H13ClN2O4/c1-6-2-3-7(12)4-8(6)14-11(18)13-5-9(15)10(16)17/h2-4,9,15H,5H2,1H3,(H,16,17)(H2,13,14,18)/t9-/m0/s1. The summed E-state index contributed by atoms with van der Waals surface area (Å²) in [6, 6.07) is 4.39. The van der Waals surface area contributed by atoms with E-state index in [9.17, 15) is 9.59 Å². The van der Waals surface area contributed by atoms with Crippen LogP contribution in [0.1, 0.15) is 5.56 Å².